The molecule has 96 valence electrons. The van der Waals surface area contributed by atoms with Crippen molar-refractivity contribution in [1.82, 2.24) is 0 Å². The van der Waals surface area contributed by atoms with Gasteiger partial charge in [-0.2, -0.15) is 0 Å². The highest BCUT2D eigenvalue weighted by Crippen LogP contribution is 2.19. The van der Waals surface area contributed by atoms with Crippen LogP contribution in [0.25, 0.3) is 5.57 Å². The van der Waals surface area contributed by atoms with Crippen molar-refractivity contribution in [2.24, 2.45) is 0 Å². The molecule has 1 aromatic heterocycles. The van der Waals surface area contributed by atoms with Gasteiger partial charge >= 0.3 is 11.9 Å². The first kappa shape index (κ1) is 14.2. The van der Waals surface area contributed by atoms with E-state index in [-0.39, 0.29) is 13.2 Å². The molecular formula is C13H14O4S. The zero-order valence-electron chi connectivity index (χ0n) is 10.1. The van der Waals surface area contributed by atoms with Gasteiger partial charge in [0.15, 0.2) is 0 Å². The summed E-state index contributed by atoms with van der Waals surface area (Å²) < 4.78 is 9.70. The van der Waals surface area contributed by atoms with E-state index >= 15 is 0 Å². The minimum Gasteiger partial charge on any atom is -0.459 e. The average Bonchev–Trinajstić information content (AvgIpc) is 2.86. The first-order valence-electron chi connectivity index (χ1n) is 5.25. The van der Waals surface area contributed by atoms with Crippen molar-refractivity contribution in [1.29, 1.82) is 0 Å². The molecule has 0 aliphatic heterocycles. The molecule has 0 fully saturated rings. The molecule has 4 nitrogen and oxygen atoms in total. The van der Waals surface area contributed by atoms with Crippen LogP contribution in [0, 0.1) is 0 Å². The second-order valence-corrected chi connectivity index (χ2v) is 4.46. The molecule has 0 saturated heterocycles. The number of ether oxygens (including phenoxy) is 2. The zero-order valence-corrected chi connectivity index (χ0v) is 10.9. The number of rotatable bonds is 6. The molecule has 0 spiro atoms. The molecule has 0 atom stereocenters. The molecule has 0 saturated carbocycles. The van der Waals surface area contributed by atoms with Gasteiger partial charge in [0.2, 0.25) is 0 Å². The molecule has 1 aromatic rings. The van der Waals surface area contributed by atoms with Crippen LogP contribution >= 0.6 is 11.3 Å². The van der Waals surface area contributed by atoms with E-state index in [2.05, 4.69) is 13.2 Å². The maximum absolute atomic E-state index is 11.5. The Morgan fingerprint density at radius 3 is 2.33 bits per heavy atom. The number of esters is 2. The zero-order chi connectivity index (χ0) is 13.5. The van der Waals surface area contributed by atoms with Crippen molar-refractivity contribution in [3.8, 4) is 0 Å². The second kappa shape index (κ2) is 6.76. The molecule has 0 aliphatic carbocycles. The summed E-state index contributed by atoms with van der Waals surface area (Å²) in [5.74, 6) is -1.01. The van der Waals surface area contributed by atoms with Gasteiger partial charge in [-0.05, 0) is 18.4 Å². The molecule has 0 aromatic carbocycles. The third-order valence-electron chi connectivity index (χ3n) is 1.96. The maximum atomic E-state index is 11.5. The van der Waals surface area contributed by atoms with E-state index < -0.39 is 11.9 Å². The Labute approximate surface area is 110 Å². The normalized spacial score (nSPS) is 9.61. The van der Waals surface area contributed by atoms with Crippen LogP contribution < -0.4 is 0 Å². The summed E-state index contributed by atoms with van der Waals surface area (Å²) in [4.78, 5) is 23.3. The van der Waals surface area contributed by atoms with E-state index in [9.17, 15) is 9.59 Å². The second-order valence-electron chi connectivity index (χ2n) is 3.51. The Kier molecular flexibility index (Phi) is 5.32. The number of carbonyl (C=O) groups excluding carboxylic acids is 2. The lowest BCUT2D eigenvalue weighted by molar-refractivity contribution is -0.146. The minimum atomic E-state index is -0.510. The summed E-state index contributed by atoms with van der Waals surface area (Å²) in [7, 11) is 0. The number of carbonyl (C=O) groups is 2. The third-order valence-corrected chi connectivity index (χ3v) is 2.89. The van der Waals surface area contributed by atoms with Crippen LogP contribution in [-0.4, -0.2) is 25.2 Å². The molecule has 18 heavy (non-hydrogen) atoms. The van der Waals surface area contributed by atoms with E-state index in [0.717, 1.165) is 4.88 Å². The molecule has 0 N–H and O–H groups in total. The van der Waals surface area contributed by atoms with E-state index in [4.69, 9.17) is 9.47 Å². The minimum absolute atomic E-state index is 0.00223. The summed E-state index contributed by atoms with van der Waals surface area (Å²) in [6.07, 6.45) is 0. The topological polar surface area (TPSA) is 52.6 Å². The lowest BCUT2D eigenvalue weighted by atomic mass is 10.2. The van der Waals surface area contributed by atoms with Crippen molar-refractivity contribution in [2.45, 2.75) is 6.92 Å². The Morgan fingerprint density at radius 1 is 1.22 bits per heavy atom. The van der Waals surface area contributed by atoms with Crippen LogP contribution in [0.3, 0.4) is 0 Å². The standard InChI is InChI=1S/C13H14O4S/c1-9(2)12(14)16-6-7-17-13(15)10(3)11-5-4-8-18-11/h4-5,8H,1,3,6-7H2,2H3. The highest BCUT2D eigenvalue weighted by Gasteiger charge is 2.12. The lowest BCUT2D eigenvalue weighted by Gasteiger charge is -2.06. The van der Waals surface area contributed by atoms with Gasteiger partial charge in [0.25, 0.3) is 0 Å². The van der Waals surface area contributed by atoms with Gasteiger partial charge in [0.1, 0.15) is 13.2 Å². The van der Waals surface area contributed by atoms with Crippen molar-refractivity contribution >= 4 is 28.8 Å². The van der Waals surface area contributed by atoms with Crippen LogP contribution in [0.4, 0.5) is 0 Å². The van der Waals surface area contributed by atoms with Crippen LogP contribution in [0.2, 0.25) is 0 Å². The summed E-state index contributed by atoms with van der Waals surface area (Å²) in [6, 6.07) is 3.61. The van der Waals surface area contributed by atoms with Gasteiger partial charge in [-0.1, -0.05) is 19.2 Å². The SMILES string of the molecule is C=C(C)C(=O)OCCOC(=O)C(=C)c1cccs1. The van der Waals surface area contributed by atoms with Crippen molar-refractivity contribution in [3.05, 3.63) is 41.1 Å². The van der Waals surface area contributed by atoms with Gasteiger partial charge in [-0.15, -0.1) is 11.3 Å². The van der Waals surface area contributed by atoms with E-state index in [1.165, 1.54) is 11.3 Å². The first-order chi connectivity index (χ1) is 8.52. The predicted molar refractivity (Wildman–Crippen MR) is 70.1 cm³/mol. The monoisotopic (exact) mass is 266 g/mol. The Morgan fingerprint density at radius 2 is 1.83 bits per heavy atom. The fourth-order valence-corrected chi connectivity index (χ4v) is 1.72. The van der Waals surface area contributed by atoms with E-state index in [0.29, 0.717) is 11.1 Å². The Hall–Kier alpha value is -1.88. The molecule has 0 radical (unpaired) electrons. The molecule has 1 rings (SSSR count). The molecule has 1 heterocycles. The predicted octanol–water partition coefficient (Wildman–Crippen LogP) is 2.42. The molecule has 0 aliphatic rings. The Bertz CT molecular complexity index is 459. The fourth-order valence-electron chi connectivity index (χ4n) is 1.03. The van der Waals surface area contributed by atoms with Gasteiger partial charge in [-0.3, -0.25) is 0 Å². The summed E-state index contributed by atoms with van der Waals surface area (Å²) in [6.45, 7) is 8.65. The highest BCUT2D eigenvalue weighted by molar-refractivity contribution is 7.11. The van der Waals surface area contributed by atoms with Gasteiger partial charge < -0.3 is 9.47 Å². The van der Waals surface area contributed by atoms with Gasteiger partial charge in [-0.25, -0.2) is 9.59 Å². The largest absolute Gasteiger partial charge is 0.459 e. The number of thiophene rings is 1. The number of hydrogen-bond donors (Lipinski definition) is 0. The van der Waals surface area contributed by atoms with Crippen LogP contribution in [-0.2, 0) is 19.1 Å². The maximum Gasteiger partial charge on any atom is 0.339 e. The summed E-state index contributed by atoms with van der Waals surface area (Å²) in [5, 5.41) is 1.85. The summed E-state index contributed by atoms with van der Waals surface area (Å²) >= 11 is 1.41. The fraction of sp³-hybridized carbons (Fsp3) is 0.231. The third kappa shape index (κ3) is 4.18. The van der Waals surface area contributed by atoms with Crippen LogP contribution in [0.15, 0.2) is 36.2 Å². The first-order valence-corrected chi connectivity index (χ1v) is 6.13. The van der Waals surface area contributed by atoms with Gasteiger partial charge in [0, 0.05) is 10.5 Å². The van der Waals surface area contributed by atoms with Crippen molar-refractivity contribution in [2.75, 3.05) is 13.2 Å². The van der Waals surface area contributed by atoms with E-state index in [1.54, 1.807) is 13.0 Å². The molecule has 0 unspecified atom stereocenters. The quantitative estimate of drug-likeness (QED) is 0.451. The average molecular weight is 266 g/mol. The van der Waals surface area contributed by atoms with Gasteiger partial charge in [0.05, 0.1) is 5.57 Å². The smallest absolute Gasteiger partial charge is 0.339 e. The lowest BCUT2D eigenvalue weighted by Crippen LogP contribution is -2.14. The molecule has 5 heteroatoms. The molecule has 0 amide bonds. The van der Waals surface area contributed by atoms with Crippen molar-refractivity contribution < 1.29 is 19.1 Å². The number of hydrogen-bond acceptors (Lipinski definition) is 5. The van der Waals surface area contributed by atoms with Crippen LogP contribution in [0.5, 0.6) is 0 Å². The van der Waals surface area contributed by atoms with Crippen molar-refractivity contribution in [3.63, 3.8) is 0 Å². The van der Waals surface area contributed by atoms with Crippen LogP contribution in [0.1, 0.15) is 11.8 Å². The molecular weight excluding hydrogens is 252 g/mol. The Balaban J connectivity index is 2.28. The van der Waals surface area contributed by atoms with E-state index in [1.807, 2.05) is 11.4 Å². The molecule has 0 bridgehead atoms. The highest BCUT2D eigenvalue weighted by atomic mass is 32.1. The summed E-state index contributed by atoms with van der Waals surface area (Å²) in [5.41, 5.74) is 0.612.